The molecule has 0 aliphatic carbocycles. The van der Waals surface area contributed by atoms with Crippen LogP contribution in [0.3, 0.4) is 0 Å². The predicted octanol–water partition coefficient (Wildman–Crippen LogP) is 5.54. The summed E-state index contributed by atoms with van der Waals surface area (Å²) in [7, 11) is 3.84. The Balaban J connectivity index is 3.58. The summed E-state index contributed by atoms with van der Waals surface area (Å²) in [5.41, 5.74) is 3.25. The van der Waals surface area contributed by atoms with Gasteiger partial charge in [0.25, 0.3) is 0 Å². The van der Waals surface area contributed by atoms with Crippen LogP contribution in [0.25, 0.3) is 6.08 Å². The van der Waals surface area contributed by atoms with Crippen LogP contribution in [0.2, 0.25) is 0 Å². The fourth-order valence-electron chi connectivity index (χ4n) is 3.55. The normalized spacial score (nSPS) is 13.5. The summed E-state index contributed by atoms with van der Waals surface area (Å²) >= 11 is 6.26. The van der Waals surface area contributed by atoms with E-state index in [2.05, 4.69) is 30.4 Å². The average molecular weight is 456 g/mol. The second kappa shape index (κ2) is 13.4. The lowest BCUT2D eigenvalue weighted by Crippen LogP contribution is -2.43. The maximum Gasteiger partial charge on any atom is 0.207 e. The van der Waals surface area contributed by atoms with Crippen molar-refractivity contribution in [1.29, 1.82) is 0 Å². The molecule has 0 aliphatic rings. The van der Waals surface area contributed by atoms with Crippen LogP contribution in [0.4, 0.5) is 5.69 Å². The molecule has 0 fully saturated rings. The van der Waals surface area contributed by atoms with Crippen molar-refractivity contribution in [2.45, 2.75) is 31.7 Å². The Bertz CT molecular complexity index is 902. The molecule has 1 atom stereocenters. The van der Waals surface area contributed by atoms with Crippen LogP contribution >= 0.6 is 11.6 Å². The standard InChI is InChI=1S/C26H34ClN3O2/c1-7-9-13-26(14-15-28-19-32,25(8-2)20(3)21(4)27)29-24-11-10-22(12-16-30(5)6)23(17-24)18-31/h7-8,10-12,16-19,29H,1-2,4,9,13-15H2,3,5-6H3,(H,28,32)/b16-12-,25-20+. The van der Waals surface area contributed by atoms with Gasteiger partial charge in [0, 0.05) is 36.9 Å². The number of hydrogen-bond donors (Lipinski definition) is 2. The maximum absolute atomic E-state index is 11.8. The molecule has 5 nitrogen and oxygen atoms in total. The minimum atomic E-state index is -0.616. The minimum absolute atomic E-state index is 0.422. The number of halogens is 1. The molecular weight excluding hydrogens is 422 g/mol. The van der Waals surface area contributed by atoms with Crippen LogP contribution in [0.5, 0.6) is 0 Å². The number of benzene rings is 1. The Labute approximate surface area is 197 Å². The van der Waals surface area contributed by atoms with Gasteiger partial charge in [0.05, 0.1) is 5.54 Å². The van der Waals surface area contributed by atoms with Crippen LogP contribution in [0.15, 0.2) is 72.5 Å². The number of rotatable bonds is 15. The van der Waals surface area contributed by atoms with E-state index in [-0.39, 0.29) is 0 Å². The summed E-state index contributed by atoms with van der Waals surface area (Å²) in [6.07, 6.45) is 10.9. The minimum Gasteiger partial charge on any atom is -0.383 e. The van der Waals surface area contributed by atoms with Crippen LogP contribution in [0, 0.1) is 0 Å². The molecule has 2 N–H and O–H groups in total. The van der Waals surface area contributed by atoms with E-state index in [9.17, 15) is 9.59 Å². The first-order chi connectivity index (χ1) is 15.2. The topological polar surface area (TPSA) is 61.4 Å². The van der Waals surface area contributed by atoms with Crippen molar-refractivity contribution in [2.24, 2.45) is 0 Å². The molecule has 1 amide bonds. The first kappa shape index (κ1) is 27.0. The van der Waals surface area contributed by atoms with Crippen LogP contribution < -0.4 is 10.6 Å². The molecule has 32 heavy (non-hydrogen) atoms. The van der Waals surface area contributed by atoms with Crippen LogP contribution in [0.1, 0.15) is 42.1 Å². The maximum atomic E-state index is 11.8. The molecule has 0 aromatic heterocycles. The number of allylic oxidation sites excluding steroid dienone is 3. The molecule has 1 rings (SSSR count). The Hall–Kier alpha value is -3.05. The van der Waals surface area contributed by atoms with Gasteiger partial charge in [0.1, 0.15) is 0 Å². The molecule has 0 spiro atoms. The van der Waals surface area contributed by atoms with Crippen molar-refractivity contribution in [3.8, 4) is 0 Å². The molecule has 172 valence electrons. The van der Waals surface area contributed by atoms with Gasteiger partial charge in [-0.05, 0) is 67.3 Å². The third kappa shape index (κ3) is 7.57. The van der Waals surface area contributed by atoms with Crippen molar-refractivity contribution >= 4 is 36.1 Å². The molecule has 0 heterocycles. The summed E-state index contributed by atoms with van der Waals surface area (Å²) in [6.45, 7) is 14.1. The Morgan fingerprint density at radius 2 is 1.91 bits per heavy atom. The van der Waals surface area contributed by atoms with Gasteiger partial charge >= 0.3 is 0 Å². The summed E-state index contributed by atoms with van der Waals surface area (Å²) in [6, 6.07) is 5.66. The van der Waals surface area contributed by atoms with Gasteiger partial charge in [-0.1, -0.05) is 43.0 Å². The number of carbonyl (C=O) groups excluding carboxylic acids is 2. The van der Waals surface area contributed by atoms with Crippen LogP contribution in [-0.2, 0) is 4.79 Å². The van der Waals surface area contributed by atoms with Gasteiger partial charge in [0.2, 0.25) is 6.41 Å². The van der Waals surface area contributed by atoms with Gasteiger partial charge in [0.15, 0.2) is 6.29 Å². The number of nitrogens with zero attached hydrogens (tertiary/aromatic N) is 1. The highest BCUT2D eigenvalue weighted by Crippen LogP contribution is 2.36. The molecule has 0 saturated carbocycles. The highest BCUT2D eigenvalue weighted by atomic mass is 35.5. The SMILES string of the molecule is C=CCCC(CCNC=O)(Nc1ccc(/C=C\N(C)C)c(C=O)c1)/C(C=C)=C(\C)C(=C)Cl. The second-order valence-electron chi connectivity index (χ2n) is 7.75. The number of anilines is 1. The van der Waals surface area contributed by atoms with E-state index in [0.29, 0.717) is 36.4 Å². The van der Waals surface area contributed by atoms with Gasteiger partial charge in [-0.15, -0.1) is 6.58 Å². The molecule has 1 aromatic carbocycles. The number of aldehydes is 1. The summed E-state index contributed by atoms with van der Waals surface area (Å²) in [5.74, 6) is 0. The average Bonchev–Trinajstić information content (AvgIpc) is 2.76. The fraction of sp³-hybridized carbons (Fsp3) is 0.308. The molecule has 0 radical (unpaired) electrons. The Morgan fingerprint density at radius 1 is 1.19 bits per heavy atom. The van der Waals surface area contributed by atoms with Crippen LogP contribution in [-0.4, -0.2) is 43.8 Å². The second-order valence-corrected chi connectivity index (χ2v) is 8.20. The Morgan fingerprint density at radius 3 is 2.44 bits per heavy atom. The summed E-state index contributed by atoms with van der Waals surface area (Å²) in [4.78, 5) is 24.6. The predicted molar refractivity (Wildman–Crippen MR) is 137 cm³/mol. The lowest BCUT2D eigenvalue weighted by Gasteiger charge is -2.39. The molecular formula is C26H34ClN3O2. The number of carbonyl (C=O) groups is 2. The third-order valence-corrected chi connectivity index (χ3v) is 5.52. The third-order valence-electron chi connectivity index (χ3n) is 5.23. The lowest BCUT2D eigenvalue weighted by molar-refractivity contribution is -0.109. The van der Waals surface area contributed by atoms with Crippen molar-refractivity contribution in [3.05, 3.63) is 83.6 Å². The van der Waals surface area contributed by atoms with E-state index in [4.69, 9.17) is 11.6 Å². The number of nitrogens with one attached hydrogen (secondary N) is 2. The molecule has 0 bridgehead atoms. The highest BCUT2D eigenvalue weighted by Gasteiger charge is 2.33. The monoisotopic (exact) mass is 455 g/mol. The molecule has 0 aliphatic heterocycles. The zero-order valence-electron chi connectivity index (χ0n) is 19.3. The van der Waals surface area contributed by atoms with Crippen molar-refractivity contribution in [1.82, 2.24) is 10.2 Å². The van der Waals surface area contributed by atoms with Crippen molar-refractivity contribution < 1.29 is 9.59 Å². The van der Waals surface area contributed by atoms with E-state index in [1.54, 1.807) is 6.08 Å². The van der Waals surface area contributed by atoms with Gasteiger partial charge < -0.3 is 15.5 Å². The number of amides is 1. The zero-order valence-corrected chi connectivity index (χ0v) is 20.0. The Kier molecular flexibility index (Phi) is 11.3. The van der Waals surface area contributed by atoms with E-state index >= 15 is 0 Å². The van der Waals surface area contributed by atoms with Crippen molar-refractivity contribution in [3.63, 3.8) is 0 Å². The summed E-state index contributed by atoms with van der Waals surface area (Å²) < 4.78 is 0. The number of hydrogen-bond acceptors (Lipinski definition) is 4. The first-order valence-corrected chi connectivity index (χ1v) is 10.8. The van der Waals surface area contributed by atoms with E-state index in [1.165, 1.54) is 0 Å². The van der Waals surface area contributed by atoms with E-state index < -0.39 is 5.54 Å². The molecule has 1 unspecified atom stereocenters. The zero-order chi connectivity index (χ0) is 24.1. The van der Waals surface area contributed by atoms with Crippen molar-refractivity contribution in [2.75, 3.05) is 26.0 Å². The van der Waals surface area contributed by atoms with Gasteiger partial charge in [-0.25, -0.2) is 0 Å². The van der Waals surface area contributed by atoms with Gasteiger partial charge in [-0.2, -0.15) is 0 Å². The molecule has 0 saturated heterocycles. The fourth-order valence-corrected chi connectivity index (χ4v) is 3.65. The smallest absolute Gasteiger partial charge is 0.207 e. The lowest BCUT2D eigenvalue weighted by atomic mass is 9.79. The first-order valence-electron chi connectivity index (χ1n) is 10.4. The summed E-state index contributed by atoms with van der Waals surface area (Å²) in [5, 5.41) is 6.78. The van der Waals surface area contributed by atoms with Gasteiger partial charge in [-0.3, -0.25) is 9.59 Å². The van der Waals surface area contributed by atoms with E-state index in [0.717, 1.165) is 35.1 Å². The largest absolute Gasteiger partial charge is 0.383 e. The molecule has 6 heteroatoms. The molecule has 1 aromatic rings. The highest BCUT2D eigenvalue weighted by molar-refractivity contribution is 6.31. The van der Waals surface area contributed by atoms with E-state index in [1.807, 2.05) is 62.5 Å². The quantitative estimate of drug-likeness (QED) is 0.158.